The number of piperazine rings is 1. The van der Waals surface area contributed by atoms with E-state index in [4.69, 9.17) is 0 Å². The highest BCUT2D eigenvalue weighted by Gasteiger charge is 2.22. The molecule has 1 aliphatic heterocycles. The monoisotopic (exact) mass is 394 g/mol. The minimum absolute atomic E-state index is 0.115. The zero-order valence-electron chi connectivity index (χ0n) is 12.7. The van der Waals surface area contributed by atoms with E-state index in [9.17, 15) is 14.4 Å². The first-order chi connectivity index (χ1) is 11.5. The molecule has 2 aromatic rings. The summed E-state index contributed by atoms with van der Waals surface area (Å²) < 4.78 is 1.39. The lowest BCUT2D eigenvalue weighted by Crippen LogP contribution is -2.50. The Morgan fingerprint density at radius 2 is 1.83 bits per heavy atom. The SMILES string of the molecule is O=C(Cn1cc(Br)c(=O)[nH]c1=O)N1CCN(c2ncccn2)CC1. The van der Waals surface area contributed by atoms with Crippen LogP contribution in [0.2, 0.25) is 0 Å². The van der Waals surface area contributed by atoms with Crippen molar-refractivity contribution in [1.82, 2.24) is 24.4 Å². The molecule has 9 nitrogen and oxygen atoms in total. The first-order valence-electron chi connectivity index (χ1n) is 7.33. The van der Waals surface area contributed by atoms with Gasteiger partial charge in [0.15, 0.2) is 0 Å². The molecule has 0 aromatic carbocycles. The van der Waals surface area contributed by atoms with Gasteiger partial charge >= 0.3 is 5.69 Å². The first kappa shape index (κ1) is 16.4. The van der Waals surface area contributed by atoms with Crippen LogP contribution in [0.5, 0.6) is 0 Å². The van der Waals surface area contributed by atoms with Gasteiger partial charge in [0.25, 0.3) is 5.56 Å². The molecule has 3 heterocycles. The zero-order valence-corrected chi connectivity index (χ0v) is 14.3. The van der Waals surface area contributed by atoms with Gasteiger partial charge in [0.05, 0.1) is 4.47 Å². The van der Waals surface area contributed by atoms with Crippen LogP contribution in [0, 0.1) is 0 Å². The van der Waals surface area contributed by atoms with Gasteiger partial charge in [-0.15, -0.1) is 0 Å². The van der Waals surface area contributed by atoms with E-state index in [0.29, 0.717) is 32.1 Å². The third-order valence-corrected chi connectivity index (χ3v) is 4.31. The van der Waals surface area contributed by atoms with Gasteiger partial charge in [0, 0.05) is 44.8 Å². The minimum Gasteiger partial charge on any atom is -0.338 e. The van der Waals surface area contributed by atoms with Crippen molar-refractivity contribution in [2.45, 2.75) is 6.54 Å². The van der Waals surface area contributed by atoms with Crippen LogP contribution in [0.15, 0.2) is 38.7 Å². The van der Waals surface area contributed by atoms with Gasteiger partial charge in [0.2, 0.25) is 11.9 Å². The summed E-state index contributed by atoms with van der Waals surface area (Å²) in [7, 11) is 0. The molecule has 10 heteroatoms. The Kier molecular flexibility index (Phi) is 4.74. The van der Waals surface area contributed by atoms with Crippen molar-refractivity contribution in [3.05, 3.63) is 50.0 Å². The highest BCUT2D eigenvalue weighted by Crippen LogP contribution is 2.10. The fourth-order valence-corrected chi connectivity index (χ4v) is 2.80. The number of nitrogens with one attached hydrogen (secondary N) is 1. The van der Waals surface area contributed by atoms with Crippen molar-refractivity contribution < 1.29 is 4.79 Å². The van der Waals surface area contributed by atoms with E-state index < -0.39 is 11.2 Å². The number of aromatic nitrogens is 4. The van der Waals surface area contributed by atoms with E-state index in [1.165, 1.54) is 10.8 Å². The van der Waals surface area contributed by atoms with Crippen LogP contribution >= 0.6 is 15.9 Å². The molecule has 0 saturated carbocycles. The number of amides is 1. The van der Waals surface area contributed by atoms with Crippen LogP contribution in [0.3, 0.4) is 0 Å². The Morgan fingerprint density at radius 1 is 1.17 bits per heavy atom. The first-order valence-corrected chi connectivity index (χ1v) is 8.13. The van der Waals surface area contributed by atoms with Gasteiger partial charge in [-0.3, -0.25) is 19.1 Å². The zero-order chi connectivity index (χ0) is 17.1. The molecular weight excluding hydrogens is 380 g/mol. The molecule has 0 radical (unpaired) electrons. The van der Waals surface area contributed by atoms with Crippen molar-refractivity contribution >= 4 is 27.8 Å². The summed E-state index contributed by atoms with van der Waals surface area (Å²) in [4.78, 5) is 49.7. The second-order valence-electron chi connectivity index (χ2n) is 5.28. The summed E-state index contributed by atoms with van der Waals surface area (Å²) in [5.74, 6) is 0.468. The minimum atomic E-state index is -0.604. The number of carbonyl (C=O) groups excluding carboxylic acids is 1. The normalized spacial score (nSPS) is 14.7. The van der Waals surface area contributed by atoms with Crippen molar-refractivity contribution in [3.8, 4) is 0 Å². The third kappa shape index (κ3) is 3.53. The molecule has 1 amide bonds. The summed E-state index contributed by atoms with van der Waals surface area (Å²) in [5, 5.41) is 0. The summed E-state index contributed by atoms with van der Waals surface area (Å²) >= 11 is 3.05. The van der Waals surface area contributed by atoms with Gasteiger partial charge in [-0.1, -0.05) is 0 Å². The third-order valence-electron chi connectivity index (χ3n) is 3.74. The summed E-state index contributed by atoms with van der Waals surface area (Å²) in [5.41, 5.74) is -1.12. The van der Waals surface area contributed by atoms with Crippen LogP contribution in [-0.4, -0.2) is 56.5 Å². The molecule has 0 atom stereocenters. The fraction of sp³-hybridized carbons (Fsp3) is 0.357. The smallest absolute Gasteiger partial charge is 0.328 e. The summed E-state index contributed by atoms with van der Waals surface area (Å²) in [6.45, 7) is 2.18. The van der Waals surface area contributed by atoms with Crippen molar-refractivity contribution in [2.75, 3.05) is 31.1 Å². The van der Waals surface area contributed by atoms with Gasteiger partial charge < -0.3 is 9.80 Å². The van der Waals surface area contributed by atoms with Crippen LogP contribution in [0.4, 0.5) is 5.95 Å². The lowest BCUT2D eigenvalue weighted by Gasteiger charge is -2.34. The Morgan fingerprint density at radius 3 is 2.50 bits per heavy atom. The number of hydrogen-bond donors (Lipinski definition) is 1. The number of aromatic amines is 1. The predicted octanol–water partition coefficient (Wildman–Crippen LogP) is -0.562. The van der Waals surface area contributed by atoms with Crippen molar-refractivity contribution in [3.63, 3.8) is 0 Å². The lowest BCUT2D eigenvalue weighted by atomic mass is 10.3. The number of halogens is 1. The number of H-pyrrole nitrogens is 1. The molecular formula is C14H15BrN6O3. The Bertz CT molecular complexity index is 842. The molecule has 0 bridgehead atoms. The second kappa shape index (κ2) is 6.95. The fourth-order valence-electron chi connectivity index (χ4n) is 2.46. The Hall–Kier alpha value is -2.49. The average Bonchev–Trinajstić information content (AvgIpc) is 2.60. The second-order valence-corrected chi connectivity index (χ2v) is 6.14. The van der Waals surface area contributed by atoms with Crippen LogP contribution in [0.1, 0.15) is 0 Å². The molecule has 1 fully saturated rings. The Labute approximate surface area is 145 Å². The van der Waals surface area contributed by atoms with Crippen LogP contribution < -0.4 is 16.1 Å². The number of carbonyl (C=O) groups is 1. The van der Waals surface area contributed by atoms with Gasteiger partial charge in [-0.25, -0.2) is 14.8 Å². The molecule has 3 rings (SSSR count). The Balaban J connectivity index is 1.63. The quantitative estimate of drug-likeness (QED) is 0.747. The maximum Gasteiger partial charge on any atom is 0.328 e. The molecule has 0 aliphatic carbocycles. The standard InChI is InChI=1S/C14H15BrN6O3/c15-10-8-21(14(24)18-12(10)23)9-11(22)19-4-6-20(7-5-19)13-16-2-1-3-17-13/h1-3,8H,4-7,9H2,(H,18,23,24). The number of anilines is 1. The maximum atomic E-state index is 12.4. The highest BCUT2D eigenvalue weighted by atomic mass is 79.9. The molecule has 2 aromatic heterocycles. The molecule has 1 aliphatic rings. The van der Waals surface area contributed by atoms with Crippen LogP contribution in [-0.2, 0) is 11.3 Å². The largest absolute Gasteiger partial charge is 0.338 e. The van der Waals surface area contributed by atoms with E-state index in [0.717, 1.165) is 0 Å². The molecule has 1 saturated heterocycles. The number of rotatable bonds is 3. The van der Waals surface area contributed by atoms with E-state index in [1.54, 1.807) is 23.4 Å². The predicted molar refractivity (Wildman–Crippen MR) is 89.8 cm³/mol. The summed E-state index contributed by atoms with van der Waals surface area (Å²) in [6, 6.07) is 1.75. The molecule has 1 N–H and O–H groups in total. The lowest BCUT2D eigenvalue weighted by molar-refractivity contribution is -0.132. The number of nitrogens with zero attached hydrogens (tertiary/aromatic N) is 5. The van der Waals surface area contributed by atoms with Gasteiger partial charge in [-0.05, 0) is 22.0 Å². The average molecular weight is 395 g/mol. The molecule has 126 valence electrons. The van der Waals surface area contributed by atoms with E-state index >= 15 is 0 Å². The number of hydrogen-bond acceptors (Lipinski definition) is 6. The summed E-state index contributed by atoms with van der Waals surface area (Å²) in [6.07, 6.45) is 4.69. The molecule has 0 unspecified atom stereocenters. The molecule has 24 heavy (non-hydrogen) atoms. The van der Waals surface area contributed by atoms with E-state index in [-0.39, 0.29) is 16.9 Å². The molecule has 0 spiro atoms. The van der Waals surface area contributed by atoms with E-state index in [2.05, 4.69) is 30.9 Å². The van der Waals surface area contributed by atoms with Gasteiger partial charge in [0.1, 0.15) is 6.54 Å². The maximum absolute atomic E-state index is 12.4. The van der Waals surface area contributed by atoms with Crippen molar-refractivity contribution in [2.24, 2.45) is 0 Å². The van der Waals surface area contributed by atoms with Crippen LogP contribution in [0.25, 0.3) is 0 Å². The van der Waals surface area contributed by atoms with Gasteiger partial charge in [-0.2, -0.15) is 0 Å². The highest BCUT2D eigenvalue weighted by molar-refractivity contribution is 9.10. The van der Waals surface area contributed by atoms with Crippen molar-refractivity contribution in [1.29, 1.82) is 0 Å². The van der Waals surface area contributed by atoms with E-state index in [1.807, 2.05) is 4.90 Å². The topological polar surface area (TPSA) is 104 Å².